The summed E-state index contributed by atoms with van der Waals surface area (Å²) in [5.41, 5.74) is 1.01. The molecule has 1 unspecified atom stereocenters. The quantitative estimate of drug-likeness (QED) is 0.774. The number of carbonyl (C=O) groups excluding carboxylic acids is 1. The average Bonchev–Trinajstić information content (AvgIpc) is 3.21. The zero-order valence-electron chi connectivity index (χ0n) is 14.1. The summed E-state index contributed by atoms with van der Waals surface area (Å²) < 4.78 is 5.12. The molecule has 1 N–H and O–H groups in total. The van der Waals surface area contributed by atoms with Crippen molar-refractivity contribution in [2.24, 2.45) is 0 Å². The van der Waals surface area contributed by atoms with Crippen LogP contribution in [0.4, 0.5) is 5.82 Å². The summed E-state index contributed by atoms with van der Waals surface area (Å²) in [6.45, 7) is 4.45. The van der Waals surface area contributed by atoms with Gasteiger partial charge in [0.15, 0.2) is 5.82 Å². The first-order chi connectivity index (χ1) is 12.1. The predicted octanol–water partition coefficient (Wildman–Crippen LogP) is 1.56. The summed E-state index contributed by atoms with van der Waals surface area (Å²) in [7, 11) is 0. The van der Waals surface area contributed by atoms with Crippen LogP contribution in [0.25, 0.3) is 11.0 Å². The summed E-state index contributed by atoms with van der Waals surface area (Å²) >= 11 is 0. The Hall–Kier alpha value is -3.03. The second kappa shape index (κ2) is 5.80. The van der Waals surface area contributed by atoms with E-state index in [1.807, 2.05) is 24.3 Å². The third-order valence-electron chi connectivity index (χ3n) is 4.40. The third-order valence-corrected chi connectivity index (χ3v) is 4.40. The summed E-state index contributed by atoms with van der Waals surface area (Å²) in [4.78, 5) is 27.3. The maximum atomic E-state index is 11.8. The number of aromatic nitrogens is 4. The first-order valence-electron chi connectivity index (χ1n) is 8.12. The first kappa shape index (κ1) is 15.5. The number of para-hydroxylation sites is 2. The topological polar surface area (TPSA) is 97.0 Å². The predicted molar refractivity (Wildman–Crippen MR) is 90.9 cm³/mol. The molecule has 0 bridgehead atoms. The number of aryl methyl sites for hydroxylation is 1. The van der Waals surface area contributed by atoms with E-state index in [1.54, 1.807) is 13.1 Å². The highest BCUT2D eigenvalue weighted by Crippen LogP contribution is 2.33. The van der Waals surface area contributed by atoms with Gasteiger partial charge in [0.1, 0.15) is 11.4 Å². The van der Waals surface area contributed by atoms with Crippen LogP contribution in [0.5, 0.6) is 0 Å². The van der Waals surface area contributed by atoms with E-state index >= 15 is 0 Å². The highest BCUT2D eigenvalue weighted by atomic mass is 16.5. The largest absolute Gasteiger partial charge is 0.352 e. The number of hydrogen-bond acceptors (Lipinski definition) is 7. The number of carbonyl (C=O) groups is 1. The molecule has 1 amide bonds. The Kier molecular flexibility index (Phi) is 3.60. The Morgan fingerprint density at radius 2 is 2.08 bits per heavy atom. The van der Waals surface area contributed by atoms with E-state index in [1.165, 1.54) is 6.92 Å². The van der Waals surface area contributed by atoms with Gasteiger partial charge in [0, 0.05) is 20.4 Å². The Morgan fingerprint density at radius 1 is 1.28 bits per heavy atom. The lowest BCUT2D eigenvalue weighted by Gasteiger charge is -2.27. The van der Waals surface area contributed by atoms with Crippen LogP contribution in [0.15, 0.2) is 35.0 Å². The van der Waals surface area contributed by atoms with Gasteiger partial charge in [-0.15, -0.1) is 0 Å². The molecule has 1 atom stereocenters. The summed E-state index contributed by atoms with van der Waals surface area (Å²) in [5, 5.41) is 7.05. The minimum absolute atomic E-state index is 0.131. The fourth-order valence-electron chi connectivity index (χ4n) is 3.28. The SMILES string of the molecule is CC(=O)NC1(c2noc(C)n2)CCN(c2cnc3ccccc3n2)C1. The third kappa shape index (κ3) is 2.79. The molecule has 0 aliphatic carbocycles. The standard InChI is InChI=1S/C17H18N6O2/c1-11(24)21-17(16-19-12(2)25-22-16)7-8-23(10-17)15-9-18-13-5-3-4-6-14(13)20-15/h3-6,9H,7-8,10H2,1-2H3,(H,21,24). The molecular weight excluding hydrogens is 320 g/mol. The van der Waals surface area contributed by atoms with Crippen LogP contribution < -0.4 is 10.2 Å². The molecule has 2 aromatic heterocycles. The average molecular weight is 338 g/mol. The van der Waals surface area contributed by atoms with Gasteiger partial charge >= 0.3 is 0 Å². The molecule has 1 saturated heterocycles. The van der Waals surface area contributed by atoms with Crippen molar-refractivity contribution < 1.29 is 9.32 Å². The Labute approximate surface area is 144 Å². The number of rotatable bonds is 3. The fraction of sp³-hybridized carbons (Fsp3) is 0.353. The molecular formula is C17H18N6O2. The van der Waals surface area contributed by atoms with Crippen LogP contribution in [-0.4, -0.2) is 39.1 Å². The lowest BCUT2D eigenvalue weighted by molar-refractivity contribution is -0.120. The van der Waals surface area contributed by atoms with E-state index in [0.29, 0.717) is 31.2 Å². The van der Waals surface area contributed by atoms with Crippen molar-refractivity contribution in [2.75, 3.05) is 18.0 Å². The molecule has 8 nitrogen and oxygen atoms in total. The second-order valence-electron chi connectivity index (χ2n) is 6.29. The van der Waals surface area contributed by atoms with E-state index in [-0.39, 0.29) is 5.91 Å². The molecule has 1 fully saturated rings. The Morgan fingerprint density at radius 3 is 2.80 bits per heavy atom. The van der Waals surface area contributed by atoms with Crippen LogP contribution in [0.1, 0.15) is 25.1 Å². The van der Waals surface area contributed by atoms with E-state index in [4.69, 9.17) is 4.52 Å². The molecule has 25 heavy (non-hydrogen) atoms. The Balaban J connectivity index is 1.67. The van der Waals surface area contributed by atoms with Gasteiger partial charge in [-0.2, -0.15) is 4.98 Å². The smallest absolute Gasteiger partial charge is 0.223 e. The fourth-order valence-corrected chi connectivity index (χ4v) is 3.28. The van der Waals surface area contributed by atoms with Gasteiger partial charge in [-0.05, 0) is 18.6 Å². The number of anilines is 1. The van der Waals surface area contributed by atoms with Crippen molar-refractivity contribution in [1.82, 2.24) is 25.4 Å². The molecule has 0 radical (unpaired) electrons. The maximum Gasteiger partial charge on any atom is 0.223 e. The molecule has 0 saturated carbocycles. The number of nitrogens with one attached hydrogen (secondary N) is 1. The van der Waals surface area contributed by atoms with Crippen molar-refractivity contribution in [1.29, 1.82) is 0 Å². The lowest BCUT2D eigenvalue weighted by Crippen LogP contribution is -2.48. The zero-order chi connectivity index (χ0) is 17.4. The Bertz CT molecular complexity index is 940. The van der Waals surface area contributed by atoms with Gasteiger partial charge in [0.2, 0.25) is 11.8 Å². The van der Waals surface area contributed by atoms with Gasteiger partial charge in [0.25, 0.3) is 0 Å². The van der Waals surface area contributed by atoms with Crippen LogP contribution >= 0.6 is 0 Å². The van der Waals surface area contributed by atoms with Crippen LogP contribution in [0.2, 0.25) is 0 Å². The summed E-state index contributed by atoms with van der Waals surface area (Å²) in [5.74, 6) is 1.61. The molecule has 0 spiro atoms. The molecule has 3 aromatic rings. The molecule has 128 valence electrons. The second-order valence-corrected chi connectivity index (χ2v) is 6.29. The van der Waals surface area contributed by atoms with Crippen LogP contribution in [-0.2, 0) is 10.3 Å². The van der Waals surface area contributed by atoms with Crippen molar-refractivity contribution >= 4 is 22.8 Å². The van der Waals surface area contributed by atoms with E-state index in [9.17, 15) is 4.79 Å². The molecule has 1 aromatic carbocycles. The zero-order valence-corrected chi connectivity index (χ0v) is 14.1. The van der Waals surface area contributed by atoms with E-state index < -0.39 is 5.54 Å². The van der Waals surface area contributed by atoms with Crippen LogP contribution in [0.3, 0.4) is 0 Å². The van der Waals surface area contributed by atoms with Gasteiger partial charge in [-0.25, -0.2) is 4.98 Å². The van der Waals surface area contributed by atoms with E-state index in [0.717, 1.165) is 16.9 Å². The first-order valence-corrected chi connectivity index (χ1v) is 8.12. The number of hydrogen-bond donors (Lipinski definition) is 1. The van der Waals surface area contributed by atoms with Crippen molar-refractivity contribution in [3.63, 3.8) is 0 Å². The monoisotopic (exact) mass is 338 g/mol. The van der Waals surface area contributed by atoms with Crippen molar-refractivity contribution in [3.8, 4) is 0 Å². The minimum atomic E-state index is -0.684. The summed E-state index contributed by atoms with van der Waals surface area (Å²) in [6.07, 6.45) is 2.42. The molecule has 4 rings (SSSR count). The summed E-state index contributed by atoms with van der Waals surface area (Å²) in [6, 6.07) is 7.74. The highest BCUT2D eigenvalue weighted by molar-refractivity contribution is 5.76. The number of nitrogens with zero attached hydrogens (tertiary/aromatic N) is 5. The van der Waals surface area contributed by atoms with Gasteiger partial charge < -0.3 is 14.7 Å². The van der Waals surface area contributed by atoms with Gasteiger partial charge in [-0.3, -0.25) is 9.78 Å². The van der Waals surface area contributed by atoms with Crippen molar-refractivity contribution in [2.45, 2.75) is 25.8 Å². The maximum absolute atomic E-state index is 11.8. The van der Waals surface area contributed by atoms with Gasteiger partial charge in [0.05, 0.1) is 23.8 Å². The van der Waals surface area contributed by atoms with Gasteiger partial charge in [-0.1, -0.05) is 17.3 Å². The van der Waals surface area contributed by atoms with Crippen LogP contribution in [0, 0.1) is 6.92 Å². The number of amides is 1. The lowest BCUT2D eigenvalue weighted by atomic mass is 9.97. The number of fused-ring (bicyclic) bond motifs is 1. The van der Waals surface area contributed by atoms with E-state index in [2.05, 4.69) is 30.3 Å². The number of benzene rings is 1. The molecule has 8 heteroatoms. The molecule has 1 aliphatic rings. The molecule has 1 aliphatic heterocycles. The van der Waals surface area contributed by atoms with Crippen molar-refractivity contribution in [3.05, 3.63) is 42.2 Å². The highest BCUT2D eigenvalue weighted by Gasteiger charge is 2.44. The minimum Gasteiger partial charge on any atom is -0.352 e. The molecule has 3 heterocycles. The normalized spacial score (nSPS) is 20.2.